The van der Waals surface area contributed by atoms with Crippen LogP contribution in [-0.4, -0.2) is 24.4 Å². The summed E-state index contributed by atoms with van der Waals surface area (Å²) in [5.74, 6) is 2.64. The highest BCUT2D eigenvalue weighted by molar-refractivity contribution is 7.14. The summed E-state index contributed by atoms with van der Waals surface area (Å²) in [4.78, 5) is 27.2. The second kappa shape index (κ2) is 10.3. The van der Waals surface area contributed by atoms with Crippen molar-refractivity contribution < 1.29 is 9.59 Å². The van der Waals surface area contributed by atoms with E-state index >= 15 is 0 Å². The summed E-state index contributed by atoms with van der Waals surface area (Å²) in [6.45, 7) is 2.88. The number of hydrogen-bond acceptors (Lipinski definition) is 3. The minimum absolute atomic E-state index is 0.0968. The van der Waals surface area contributed by atoms with Crippen LogP contribution in [0.1, 0.15) is 92.1 Å². The molecule has 3 fully saturated rings. The van der Waals surface area contributed by atoms with Crippen LogP contribution in [0.25, 0.3) is 0 Å². The van der Waals surface area contributed by atoms with Gasteiger partial charge < -0.3 is 10.6 Å². The maximum atomic E-state index is 12.6. The Kier molecular flexibility index (Phi) is 7.50. The van der Waals surface area contributed by atoms with Crippen LogP contribution in [0.2, 0.25) is 0 Å². The van der Waals surface area contributed by atoms with Gasteiger partial charge in [-0.05, 0) is 81.3 Å². The number of rotatable bonds is 9. The van der Waals surface area contributed by atoms with Gasteiger partial charge in [-0.2, -0.15) is 0 Å². The number of thiophene rings is 1. The van der Waals surface area contributed by atoms with E-state index in [0.717, 1.165) is 61.8 Å². The molecule has 0 aliphatic heterocycles. The van der Waals surface area contributed by atoms with Gasteiger partial charge in [-0.1, -0.05) is 32.6 Å². The van der Waals surface area contributed by atoms with E-state index in [2.05, 4.69) is 23.6 Å². The number of amides is 2. The Morgan fingerprint density at radius 2 is 1.67 bits per heavy atom. The summed E-state index contributed by atoms with van der Waals surface area (Å²) < 4.78 is 0. The van der Waals surface area contributed by atoms with Crippen LogP contribution in [0.5, 0.6) is 0 Å². The molecule has 4 nitrogen and oxygen atoms in total. The number of carbonyl (C=O) groups is 2. The van der Waals surface area contributed by atoms with Crippen molar-refractivity contribution in [1.29, 1.82) is 0 Å². The van der Waals surface area contributed by atoms with Crippen molar-refractivity contribution in [3.8, 4) is 0 Å². The molecule has 166 valence electrons. The molecule has 2 N–H and O–H groups in total. The van der Waals surface area contributed by atoms with Gasteiger partial charge in [-0.3, -0.25) is 9.59 Å². The van der Waals surface area contributed by atoms with E-state index in [1.807, 2.05) is 6.07 Å². The molecular formula is C25H38N2O2S. The van der Waals surface area contributed by atoms with Gasteiger partial charge in [0.25, 0.3) is 5.91 Å². The van der Waals surface area contributed by atoms with Crippen molar-refractivity contribution in [2.75, 3.05) is 6.54 Å². The lowest BCUT2D eigenvalue weighted by Gasteiger charge is -2.29. The molecule has 0 bridgehead atoms. The molecule has 1 atom stereocenters. The monoisotopic (exact) mass is 430 g/mol. The molecule has 1 aromatic rings. The minimum Gasteiger partial charge on any atom is -0.356 e. The highest BCUT2D eigenvalue weighted by atomic mass is 32.1. The summed E-state index contributed by atoms with van der Waals surface area (Å²) in [5.41, 5.74) is 0. The average molecular weight is 431 g/mol. The van der Waals surface area contributed by atoms with E-state index in [0.29, 0.717) is 5.92 Å². The van der Waals surface area contributed by atoms with Crippen LogP contribution in [-0.2, 0) is 11.2 Å². The first-order valence-corrected chi connectivity index (χ1v) is 13.1. The molecule has 30 heavy (non-hydrogen) atoms. The number of nitrogens with one attached hydrogen (secondary N) is 2. The van der Waals surface area contributed by atoms with Crippen molar-refractivity contribution in [3.63, 3.8) is 0 Å². The zero-order chi connectivity index (χ0) is 20.9. The maximum absolute atomic E-state index is 12.6. The Morgan fingerprint density at radius 3 is 2.37 bits per heavy atom. The van der Waals surface area contributed by atoms with Crippen molar-refractivity contribution in [3.05, 3.63) is 21.9 Å². The molecule has 1 unspecified atom stereocenters. The van der Waals surface area contributed by atoms with Crippen LogP contribution in [0.3, 0.4) is 0 Å². The van der Waals surface area contributed by atoms with Crippen molar-refractivity contribution >= 4 is 23.2 Å². The fraction of sp³-hybridized carbons (Fsp3) is 0.760. The van der Waals surface area contributed by atoms with E-state index < -0.39 is 0 Å². The normalized spacial score (nSPS) is 25.8. The molecule has 1 aromatic heterocycles. The Morgan fingerprint density at radius 1 is 0.967 bits per heavy atom. The zero-order valence-electron chi connectivity index (χ0n) is 18.5. The zero-order valence-corrected chi connectivity index (χ0v) is 19.3. The molecule has 0 radical (unpaired) electrons. The van der Waals surface area contributed by atoms with Gasteiger partial charge in [-0.25, -0.2) is 0 Å². The molecule has 1 heterocycles. The third-order valence-corrected chi connectivity index (χ3v) is 8.53. The highest BCUT2D eigenvalue weighted by Gasteiger charge is 2.26. The van der Waals surface area contributed by atoms with Gasteiger partial charge in [0.05, 0.1) is 4.88 Å². The number of carbonyl (C=O) groups excluding carboxylic acids is 2. The lowest BCUT2D eigenvalue weighted by Crippen LogP contribution is -2.40. The first-order chi connectivity index (χ1) is 14.6. The fourth-order valence-corrected chi connectivity index (χ4v) is 6.28. The smallest absolute Gasteiger partial charge is 0.261 e. The quantitative estimate of drug-likeness (QED) is 0.557. The van der Waals surface area contributed by atoms with Crippen LogP contribution in [0.15, 0.2) is 12.1 Å². The first-order valence-electron chi connectivity index (χ1n) is 12.2. The first kappa shape index (κ1) is 21.9. The topological polar surface area (TPSA) is 58.2 Å². The minimum atomic E-state index is 0.0968. The summed E-state index contributed by atoms with van der Waals surface area (Å²) in [5, 5.41) is 6.45. The summed E-state index contributed by atoms with van der Waals surface area (Å²) >= 11 is 1.66. The van der Waals surface area contributed by atoms with Crippen molar-refractivity contribution in [2.24, 2.45) is 23.7 Å². The Balaban J connectivity index is 1.12. The van der Waals surface area contributed by atoms with Crippen molar-refractivity contribution in [1.82, 2.24) is 10.6 Å². The molecule has 0 spiro atoms. The molecule has 3 saturated carbocycles. The molecule has 0 saturated heterocycles. The van der Waals surface area contributed by atoms with Gasteiger partial charge in [0.2, 0.25) is 5.91 Å². The fourth-order valence-electron chi connectivity index (χ4n) is 5.26. The van der Waals surface area contributed by atoms with E-state index in [1.54, 1.807) is 11.3 Å². The summed E-state index contributed by atoms with van der Waals surface area (Å²) in [7, 11) is 0. The molecular weight excluding hydrogens is 392 g/mol. The van der Waals surface area contributed by atoms with Crippen molar-refractivity contribution in [2.45, 2.75) is 90.0 Å². The van der Waals surface area contributed by atoms with E-state index in [1.165, 1.54) is 43.4 Å². The largest absolute Gasteiger partial charge is 0.356 e. The molecule has 3 aliphatic rings. The third-order valence-electron chi connectivity index (χ3n) is 7.43. The standard InChI is InChI=1S/C25H38N2O2S/c1-17(14-18-4-2-3-5-18)24(28)26-16-20-8-10-21(11-9-20)27-25(29)23-13-12-22(30-23)15-19-6-7-19/h12-13,17-21H,2-11,14-16H2,1H3,(H,26,28)(H,27,29). The SMILES string of the molecule is CC(CC1CCCC1)C(=O)NCC1CCC(NC(=O)c2ccc(CC3CC3)s2)CC1. The highest BCUT2D eigenvalue weighted by Crippen LogP contribution is 2.34. The molecule has 4 rings (SSSR count). The Bertz CT molecular complexity index is 712. The maximum Gasteiger partial charge on any atom is 0.261 e. The Labute approximate surface area is 185 Å². The van der Waals surface area contributed by atoms with Crippen LogP contribution in [0.4, 0.5) is 0 Å². The summed E-state index contributed by atoms with van der Waals surface area (Å²) in [6, 6.07) is 4.40. The average Bonchev–Trinajstić information content (AvgIpc) is 3.19. The van der Waals surface area contributed by atoms with Gasteiger partial charge in [0.15, 0.2) is 0 Å². The second-order valence-electron chi connectivity index (χ2n) is 10.1. The summed E-state index contributed by atoms with van der Waals surface area (Å²) in [6.07, 6.45) is 14.4. The molecule has 3 aliphatic carbocycles. The Hall–Kier alpha value is -1.36. The van der Waals surface area contributed by atoms with Gasteiger partial charge in [0, 0.05) is 23.4 Å². The second-order valence-corrected chi connectivity index (χ2v) is 11.3. The lowest BCUT2D eigenvalue weighted by atomic mass is 9.85. The van der Waals surface area contributed by atoms with Crippen LogP contribution >= 0.6 is 11.3 Å². The molecule has 0 aromatic carbocycles. The van der Waals surface area contributed by atoms with Crippen LogP contribution in [0, 0.1) is 23.7 Å². The van der Waals surface area contributed by atoms with Gasteiger partial charge in [-0.15, -0.1) is 11.3 Å². The van der Waals surface area contributed by atoms with E-state index in [4.69, 9.17) is 0 Å². The van der Waals surface area contributed by atoms with Gasteiger partial charge in [0.1, 0.15) is 0 Å². The van der Waals surface area contributed by atoms with Gasteiger partial charge >= 0.3 is 0 Å². The van der Waals surface area contributed by atoms with E-state index in [9.17, 15) is 9.59 Å². The third kappa shape index (κ3) is 6.32. The predicted molar refractivity (Wildman–Crippen MR) is 123 cm³/mol. The lowest BCUT2D eigenvalue weighted by molar-refractivity contribution is -0.125. The number of hydrogen-bond donors (Lipinski definition) is 2. The van der Waals surface area contributed by atoms with Crippen LogP contribution < -0.4 is 10.6 Å². The molecule has 2 amide bonds. The molecule has 5 heteroatoms. The van der Waals surface area contributed by atoms with E-state index in [-0.39, 0.29) is 23.8 Å². The predicted octanol–water partition coefficient (Wildman–Crippen LogP) is 5.32.